The van der Waals surface area contributed by atoms with Crippen molar-refractivity contribution in [1.82, 2.24) is 30.4 Å². The molecule has 3 aromatic rings. The molecule has 3 N–H and O–H groups in total. The highest BCUT2D eigenvalue weighted by Crippen LogP contribution is 2.12. The second kappa shape index (κ2) is 6.62. The van der Waals surface area contributed by atoms with Crippen LogP contribution in [0.2, 0.25) is 0 Å². The molecule has 1 atom stereocenters. The van der Waals surface area contributed by atoms with E-state index >= 15 is 0 Å². The molecule has 0 spiro atoms. The van der Waals surface area contributed by atoms with Crippen LogP contribution in [0.3, 0.4) is 0 Å². The highest BCUT2D eigenvalue weighted by Gasteiger charge is 2.19. The molecule has 7 heteroatoms. The van der Waals surface area contributed by atoms with Crippen molar-refractivity contribution >= 4 is 16.9 Å². The number of benzene rings is 1. The van der Waals surface area contributed by atoms with E-state index in [1.807, 2.05) is 37.5 Å². The van der Waals surface area contributed by atoms with Gasteiger partial charge in [-0.25, -0.2) is 4.98 Å². The number of imidazole rings is 1. The van der Waals surface area contributed by atoms with Crippen molar-refractivity contribution in [2.75, 3.05) is 13.6 Å². The lowest BCUT2D eigenvalue weighted by molar-refractivity contribution is -0.123. The van der Waals surface area contributed by atoms with Crippen LogP contribution in [0.5, 0.6) is 0 Å². The summed E-state index contributed by atoms with van der Waals surface area (Å²) in [5.41, 5.74) is 2.80. The van der Waals surface area contributed by atoms with Gasteiger partial charge in [0.05, 0.1) is 17.2 Å². The quantitative estimate of drug-likeness (QED) is 0.631. The smallest absolute Gasteiger partial charge is 0.241 e. The van der Waals surface area contributed by atoms with E-state index in [-0.39, 0.29) is 5.91 Å². The number of carbonyl (C=O) groups is 1. The summed E-state index contributed by atoms with van der Waals surface area (Å²) >= 11 is 0. The standard InChI is InChI=1S/C16H20N6O/c1-17-15(11-9-19-22(2)10-11)16(23)18-8-7-14-20-12-5-3-4-6-13(12)21-14/h3-6,9-10,15,17H,7-8H2,1-2H3,(H,18,23)(H,20,21). The molecule has 1 unspecified atom stereocenters. The van der Waals surface area contributed by atoms with Crippen molar-refractivity contribution in [2.24, 2.45) is 7.05 Å². The fourth-order valence-electron chi connectivity index (χ4n) is 2.57. The predicted octanol–water partition coefficient (Wildman–Crippen LogP) is 0.916. The van der Waals surface area contributed by atoms with Crippen LogP contribution in [0.25, 0.3) is 11.0 Å². The maximum atomic E-state index is 12.3. The Morgan fingerprint density at radius 1 is 1.39 bits per heavy atom. The molecule has 7 nitrogen and oxygen atoms in total. The lowest BCUT2D eigenvalue weighted by Gasteiger charge is -2.14. The largest absolute Gasteiger partial charge is 0.354 e. The maximum Gasteiger partial charge on any atom is 0.241 e. The number of hydrogen-bond donors (Lipinski definition) is 3. The molecule has 23 heavy (non-hydrogen) atoms. The fraction of sp³-hybridized carbons (Fsp3) is 0.312. The zero-order valence-electron chi connectivity index (χ0n) is 13.2. The molecule has 0 bridgehead atoms. The molecular formula is C16H20N6O. The minimum atomic E-state index is -0.403. The van der Waals surface area contributed by atoms with E-state index in [9.17, 15) is 4.79 Å². The number of nitrogens with one attached hydrogen (secondary N) is 3. The van der Waals surface area contributed by atoms with Crippen molar-refractivity contribution in [3.63, 3.8) is 0 Å². The lowest BCUT2D eigenvalue weighted by atomic mass is 10.1. The van der Waals surface area contributed by atoms with Crippen molar-refractivity contribution in [1.29, 1.82) is 0 Å². The first-order valence-electron chi connectivity index (χ1n) is 7.54. The van der Waals surface area contributed by atoms with E-state index in [1.165, 1.54) is 0 Å². The van der Waals surface area contributed by atoms with E-state index in [1.54, 1.807) is 17.9 Å². The Morgan fingerprint density at radius 2 is 2.22 bits per heavy atom. The van der Waals surface area contributed by atoms with Crippen molar-refractivity contribution in [2.45, 2.75) is 12.5 Å². The third-order valence-electron chi connectivity index (χ3n) is 3.71. The number of H-pyrrole nitrogens is 1. The second-order valence-corrected chi connectivity index (χ2v) is 5.41. The molecule has 120 valence electrons. The topological polar surface area (TPSA) is 87.6 Å². The van der Waals surface area contributed by atoms with E-state index in [0.717, 1.165) is 22.4 Å². The van der Waals surface area contributed by atoms with Crippen LogP contribution in [0.4, 0.5) is 0 Å². The summed E-state index contributed by atoms with van der Waals surface area (Å²) in [5, 5.41) is 10.1. The third-order valence-corrected chi connectivity index (χ3v) is 3.71. The SMILES string of the molecule is CNC(C(=O)NCCc1nc2ccccc2[nH]1)c1cnn(C)c1. The Morgan fingerprint density at radius 3 is 2.91 bits per heavy atom. The highest BCUT2D eigenvalue weighted by atomic mass is 16.2. The average Bonchev–Trinajstić information content (AvgIpc) is 3.14. The predicted molar refractivity (Wildman–Crippen MR) is 87.8 cm³/mol. The monoisotopic (exact) mass is 312 g/mol. The molecule has 0 fully saturated rings. The first kappa shape index (κ1) is 15.2. The number of likely N-dealkylation sites (N-methyl/N-ethyl adjacent to an activating group) is 1. The van der Waals surface area contributed by atoms with Gasteiger partial charge in [0.1, 0.15) is 11.9 Å². The minimum Gasteiger partial charge on any atom is -0.354 e. The number of rotatable bonds is 6. The maximum absolute atomic E-state index is 12.3. The highest BCUT2D eigenvalue weighted by molar-refractivity contribution is 5.83. The first-order valence-corrected chi connectivity index (χ1v) is 7.54. The van der Waals surface area contributed by atoms with E-state index < -0.39 is 6.04 Å². The van der Waals surface area contributed by atoms with E-state index in [0.29, 0.717) is 13.0 Å². The number of aromatic amines is 1. The van der Waals surface area contributed by atoms with Crippen LogP contribution < -0.4 is 10.6 Å². The van der Waals surface area contributed by atoms with Gasteiger partial charge < -0.3 is 15.6 Å². The van der Waals surface area contributed by atoms with Crippen LogP contribution in [-0.2, 0) is 18.3 Å². The number of para-hydroxylation sites is 2. The van der Waals surface area contributed by atoms with Gasteiger partial charge in [0.15, 0.2) is 0 Å². The molecule has 0 aliphatic heterocycles. The second-order valence-electron chi connectivity index (χ2n) is 5.41. The Labute approximate surface area is 134 Å². The van der Waals surface area contributed by atoms with Crippen molar-refractivity contribution < 1.29 is 4.79 Å². The van der Waals surface area contributed by atoms with E-state index in [2.05, 4.69) is 25.7 Å². The molecule has 2 aromatic heterocycles. The molecular weight excluding hydrogens is 292 g/mol. The molecule has 0 saturated carbocycles. The average molecular weight is 312 g/mol. The summed E-state index contributed by atoms with van der Waals surface area (Å²) in [4.78, 5) is 20.1. The number of aromatic nitrogens is 4. The summed E-state index contributed by atoms with van der Waals surface area (Å²) in [5.74, 6) is 0.797. The van der Waals surface area contributed by atoms with Crippen LogP contribution in [0.1, 0.15) is 17.4 Å². The minimum absolute atomic E-state index is 0.0726. The Kier molecular flexibility index (Phi) is 4.38. The van der Waals surface area contributed by atoms with Crippen LogP contribution in [0.15, 0.2) is 36.7 Å². The number of nitrogens with zero attached hydrogens (tertiary/aromatic N) is 3. The lowest BCUT2D eigenvalue weighted by Crippen LogP contribution is -2.36. The normalized spacial score (nSPS) is 12.4. The van der Waals surface area contributed by atoms with Gasteiger partial charge in [-0.3, -0.25) is 9.48 Å². The molecule has 1 amide bonds. The summed E-state index contributed by atoms with van der Waals surface area (Å²) in [6.07, 6.45) is 4.18. The van der Waals surface area contributed by atoms with Gasteiger partial charge in [0.25, 0.3) is 0 Å². The number of hydrogen-bond acceptors (Lipinski definition) is 4. The number of aryl methyl sites for hydroxylation is 1. The van der Waals surface area contributed by atoms with Gasteiger partial charge in [-0.2, -0.15) is 5.10 Å². The molecule has 2 heterocycles. The molecule has 3 rings (SSSR count). The zero-order chi connectivity index (χ0) is 16.2. The number of amides is 1. The summed E-state index contributed by atoms with van der Waals surface area (Å²) in [6.45, 7) is 0.525. The molecule has 1 aromatic carbocycles. The Hall–Kier alpha value is -2.67. The summed E-state index contributed by atoms with van der Waals surface area (Å²) < 4.78 is 1.68. The van der Waals surface area contributed by atoms with E-state index in [4.69, 9.17) is 0 Å². The van der Waals surface area contributed by atoms with Gasteiger partial charge in [-0.1, -0.05) is 12.1 Å². The van der Waals surface area contributed by atoms with Gasteiger partial charge in [0, 0.05) is 31.8 Å². The Bertz CT molecular complexity index is 773. The van der Waals surface area contributed by atoms with Gasteiger partial charge in [-0.05, 0) is 19.2 Å². The molecule has 0 aliphatic rings. The van der Waals surface area contributed by atoms with Crippen LogP contribution in [-0.4, -0.2) is 39.2 Å². The molecule has 0 aliphatic carbocycles. The Balaban J connectivity index is 1.57. The van der Waals surface area contributed by atoms with Crippen molar-refractivity contribution in [3.05, 3.63) is 48.0 Å². The zero-order valence-corrected chi connectivity index (χ0v) is 13.2. The third kappa shape index (κ3) is 3.40. The molecule has 0 saturated heterocycles. The number of fused-ring (bicyclic) bond motifs is 1. The number of carbonyl (C=O) groups excluding carboxylic acids is 1. The van der Waals surface area contributed by atoms with Crippen LogP contribution in [0, 0.1) is 0 Å². The van der Waals surface area contributed by atoms with Crippen LogP contribution >= 0.6 is 0 Å². The van der Waals surface area contributed by atoms with Crippen molar-refractivity contribution in [3.8, 4) is 0 Å². The first-order chi connectivity index (χ1) is 11.2. The molecule has 0 radical (unpaired) electrons. The summed E-state index contributed by atoms with van der Waals surface area (Å²) in [6, 6.07) is 7.48. The van der Waals surface area contributed by atoms with Gasteiger partial charge in [0.2, 0.25) is 5.91 Å². The van der Waals surface area contributed by atoms with Gasteiger partial charge in [-0.15, -0.1) is 0 Å². The van der Waals surface area contributed by atoms with Gasteiger partial charge >= 0.3 is 0 Å². The summed E-state index contributed by atoms with van der Waals surface area (Å²) in [7, 11) is 3.59. The fourth-order valence-corrected chi connectivity index (χ4v) is 2.57.